The molecule has 1 aromatic rings. The lowest BCUT2D eigenvalue weighted by molar-refractivity contribution is -0.150. The van der Waals surface area contributed by atoms with Crippen LogP contribution in [0.15, 0.2) is 18.2 Å². The van der Waals surface area contributed by atoms with Crippen LogP contribution in [0.5, 0.6) is 5.75 Å². The number of fused-ring (bicyclic) bond motifs is 1. The predicted octanol–water partition coefficient (Wildman–Crippen LogP) is 5.20. The van der Waals surface area contributed by atoms with Gasteiger partial charge in [0.2, 0.25) is 5.91 Å². The summed E-state index contributed by atoms with van der Waals surface area (Å²) in [6.07, 6.45) is 0.697. The number of halogens is 3. The zero-order valence-electron chi connectivity index (χ0n) is 19.3. The third kappa shape index (κ3) is 4.70. The van der Waals surface area contributed by atoms with Gasteiger partial charge in [0.25, 0.3) is 0 Å². The Morgan fingerprint density at radius 1 is 1.27 bits per heavy atom. The van der Waals surface area contributed by atoms with E-state index in [4.69, 9.17) is 10.00 Å². The number of nitrogens with zero attached hydrogens (tertiary/aromatic N) is 3. The molecule has 1 saturated carbocycles. The summed E-state index contributed by atoms with van der Waals surface area (Å²) in [6, 6.07) is 6.07. The summed E-state index contributed by atoms with van der Waals surface area (Å²) in [5.41, 5.74) is -0.854. The van der Waals surface area contributed by atoms with E-state index in [1.165, 1.54) is 6.07 Å². The van der Waals surface area contributed by atoms with Crippen molar-refractivity contribution in [3.8, 4) is 11.8 Å². The molecule has 0 N–H and O–H groups in total. The van der Waals surface area contributed by atoms with E-state index in [2.05, 4.69) is 24.8 Å². The van der Waals surface area contributed by atoms with Gasteiger partial charge in [-0.2, -0.15) is 18.4 Å². The average Bonchev–Trinajstić information content (AvgIpc) is 3.25. The van der Waals surface area contributed by atoms with Crippen molar-refractivity contribution in [2.45, 2.75) is 71.1 Å². The molecule has 2 atom stereocenters. The maximum atomic E-state index is 13.8. The largest absolute Gasteiger partial charge is 0.473 e. The molecule has 1 saturated heterocycles. The van der Waals surface area contributed by atoms with Crippen LogP contribution in [0.3, 0.4) is 0 Å². The van der Waals surface area contributed by atoms with Crippen molar-refractivity contribution in [3.05, 3.63) is 29.3 Å². The number of amides is 1. The van der Waals surface area contributed by atoms with E-state index in [0.29, 0.717) is 29.7 Å². The van der Waals surface area contributed by atoms with E-state index in [0.717, 1.165) is 57.3 Å². The number of piperidine rings is 1. The van der Waals surface area contributed by atoms with Gasteiger partial charge in [0.1, 0.15) is 5.75 Å². The van der Waals surface area contributed by atoms with Gasteiger partial charge in [-0.15, -0.1) is 0 Å². The van der Waals surface area contributed by atoms with E-state index in [1.54, 1.807) is 4.90 Å². The minimum absolute atomic E-state index is 0.0116. The molecule has 3 aliphatic rings. The number of hydrogen-bond donors (Lipinski definition) is 0. The van der Waals surface area contributed by atoms with Gasteiger partial charge in [0.05, 0.1) is 23.6 Å². The zero-order chi connectivity index (χ0) is 23.8. The van der Waals surface area contributed by atoms with Crippen LogP contribution in [0.25, 0.3) is 0 Å². The van der Waals surface area contributed by atoms with E-state index in [1.807, 2.05) is 0 Å². The SMILES string of the molecule is CC(C)[C@]1(C(=O)N2COc3ccc(C(F)(F)F)cc3C2)CC[C@@H](N2CCC(CC#N)CC2)C1. The van der Waals surface area contributed by atoms with Gasteiger partial charge >= 0.3 is 6.18 Å². The Morgan fingerprint density at radius 2 is 2.00 bits per heavy atom. The Hall–Kier alpha value is -2.27. The molecule has 4 rings (SSSR count). The molecule has 2 fully saturated rings. The molecule has 0 aromatic heterocycles. The molecule has 0 unspecified atom stereocenters. The van der Waals surface area contributed by atoms with Crippen molar-refractivity contribution in [2.75, 3.05) is 19.8 Å². The van der Waals surface area contributed by atoms with E-state index < -0.39 is 17.2 Å². The quantitative estimate of drug-likeness (QED) is 0.616. The molecule has 2 aliphatic heterocycles. The highest BCUT2D eigenvalue weighted by atomic mass is 19.4. The van der Waals surface area contributed by atoms with Gasteiger partial charge in [-0.05, 0) is 75.2 Å². The molecule has 33 heavy (non-hydrogen) atoms. The van der Waals surface area contributed by atoms with Crippen LogP contribution in [0.1, 0.15) is 63.5 Å². The van der Waals surface area contributed by atoms with E-state index in [-0.39, 0.29) is 25.1 Å². The number of benzene rings is 1. The summed E-state index contributed by atoms with van der Waals surface area (Å²) in [6.45, 7) is 6.26. The van der Waals surface area contributed by atoms with Crippen LogP contribution in [-0.4, -0.2) is 41.6 Å². The molecule has 0 bridgehead atoms. The van der Waals surface area contributed by atoms with Crippen LogP contribution < -0.4 is 4.74 Å². The molecule has 1 aromatic carbocycles. The molecular formula is C25H32F3N3O2. The first-order valence-electron chi connectivity index (χ1n) is 11.9. The second-order valence-corrected chi connectivity index (χ2v) is 10.1. The highest BCUT2D eigenvalue weighted by Gasteiger charge is 2.51. The summed E-state index contributed by atoms with van der Waals surface area (Å²) in [4.78, 5) is 17.9. The Kier molecular flexibility index (Phi) is 6.63. The number of rotatable bonds is 4. The molecule has 2 heterocycles. The summed E-state index contributed by atoms with van der Waals surface area (Å²) in [5, 5.41) is 8.96. The molecule has 0 spiro atoms. The lowest BCUT2D eigenvalue weighted by atomic mass is 9.74. The van der Waals surface area contributed by atoms with E-state index >= 15 is 0 Å². The first kappa shape index (κ1) is 23.9. The molecule has 1 amide bonds. The fraction of sp³-hybridized carbons (Fsp3) is 0.680. The van der Waals surface area contributed by atoms with Gasteiger partial charge in [0, 0.05) is 18.0 Å². The van der Waals surface area contributed by atoms with Crippen LogP contribution in [0, 0.1) is 28.6 Å². The van der Waals surface area contributed by atoms with Crippen molar-refractivity contribution >= 4 is 5.91 Å². The van der Waals surface area contributed by atoms with E-state index in [9.17, 15) is 18.0 Å². The predicted molar refractivity (Wildman–Crippen MR) is 117 cm³/mol. The number of hydrogen-bond acceptors (Lipinski definition) is 4. The molecule has 180 valence electrons. The molecule has 1 aliphatic carbocycles. The number of likely N-dealkylation sites (tertiary alicyclic amines) is 1. The topological polar surface area (TPSA) is 56.6 Å². The Labute approximate surface area is 193 Å². The first-order valence-corrected chi connectivity index (χ1v) is 11.9. The smallest absolute Gasteiger partial charge is 0.416 e. The maximum Gasteiger partial charge on any atom is 0.416 e. The second-order valence-electron chi connectivity index (χ2n) is 10.1. The molecule has 8 heteroatoms. The second kappa shape index (κ2) is 9.17. The van der Waals surface area contributed by atoms with Gasteiger partial charge in [-0.1, -0.05) is 13.8 Å². The van der Waals surface area contributed by atoms with Crippen LogP contribution in [-0.2, 0) is 17.5 Å². The monoisotopic (exact) mass is 463 g/mol. The van der Waals surface area contributed by atoms with Crippen LogP contribution in [0.2, 0.25) is 0 Å². The highest BCUT2D eigenvalue weighted by Crippen LogP contribution is 2.48. The Balaban J connectivity index is 1.47. The fourth-order valence-electron chi connectivity index (χ4n) is 5.84. The fourth-order valence-corrected chi connectivity index (χ4v) is 5.84. The van der Waals surface area contributed by atoms with Crippen molar-refractivity contribution in [1.29, 1.82) is 5.26 Å². The first-order chi connectivity index (χ1) is 15.6. The normalized spacial score (nSPS) is 26.7. The number of nitriles is 1. The molecule has 5 nitrogen and oxygen atoms in total. The van der Waals surface area contributed by atoms with Crippen molar-refractivity contribution in [3.63, 3.8) is 0 Å². The standard InChI is InChI=1S/C25H32F3N3O2/c1-17(2)24(9-5-21(14-24)30-11-7-18(6-10-29)8-12-30)23(32)31-15-19-13-20(25(26,27)28)3-4-22(19)33-16-31/h3-4,13,17-18,21H,5-9,11-12,14-16H2,1-2H3/t21-,24+/m1/s1. The molecule has 0 radical (unpaired) electrons. The van der Waals surface area contributed by atoms with Gasteiger partial charge in [-0.25, -0.2) is 0 Å². The number of alkyl halides is 3. The third-order valence-electron chi connectivity index (χ3n) is 8.01. The maximum absolute atomic E-state index is 13.8. The molecular weight excluding hydrogens is 431 g/mol. The Bertz CT molecular complexity index is 918. The lowest BCUT2D eigenvalue weighted by Crippen LogP contribution is -2.49. The van der Waals surface area contributed by atoms with Crippen LogP contribution in [0.4, 0.5) is 13.2 Å². The summed E-state index contributed by atoms with van der Waals surface area (Å²) < 4.78 is 45.2. The number of carbonyl (C=O) groups excluding carboxylic acids is 1. The number of ether oxygens (including phenoxy) is 1. The van der Waals surface area contributed by atoms with Crippen molar-refractivity contribution < 1.29 is 22.7 Å². The van der Waals surface area contributed by atoms with Crippen molar-refractivity contribution in [2.24, 2.45) is 17.3 Å². The average molecular weight is 464 g/mol. The zero-order valence-corrected chi connectivity index (χ0v) is 19.3. The number of carbonyl (C=O) groups is 1. The minimum Gasteiger partial charge on any atom is -0.473 e. The Morgan fingerprint density at radius 3 is 2.64 bits per heavy atom. The summed E-state index contributed by atoms with van der Waals surface area (Å²) >= 11 is 0. The highest BCUT2D eigenvalue weighted by molar-refractivity contribution is 5.83. The summed E-state index contributed by atoms with van der Waals surface area (Å²) in [5.74, 6) is 0.989. The van der Waals surface area contributed by atoms with Crippen molar-refractivity contribution in [1.82, 2.24) is 9.80 Å². The van der Waals surface area contributed by atoms with Gasteiger partial charge < -0.3 is 14.5 Å². The van der Waals surface area contributed by atoms with Gasteiger partial charge in [0.15, 0.2) is 6.73 Å². The lowest BCUT2D eigenvalue weighted by Gasteiger charge is -2.41. The summed E-state index contributed by atoms with van der Waals surface area (Å²) in [7, 11) is 0. The third-order valence-corrected chi connectivity index (χ3v) is 8.01. The minimum atomic E-state index is -4.43. The van der Waals surface area contributed by atoms with Crippen LogP contribution >= 0.6 is 0 Å². The van der Waals surface area contributed by atoms with Gasteiger partial charge in [-0.3, -0.25) is 4.79 Å².